The number of hydrogen-bond donors (Lipinski definition) is 3. The number of nitrogens with one attached hydrogen (secondary N) is 3. The molecule has 2 aromatic rings. The first-order valence-corrected chi connectivity index (χ1v) is 14.6. The molecular weight excluding hydrogens is 474 g/mol. The summed E-state index contributed by atoms with van der Waals surface area (Å²) in [4.78, 5) is 0. The van der Waals surface area contributed by atoms with Crippen LogP contribution in [0, 0.1) is 11.8 Å². The molecule has 2 atom stereocenters. The normalized spacial score (nSPS) is 11.6. The number of benzene rings is 2. The molecule has 0 aliphatic rings. The van der Waals surface area contributed by atoms with Gasteiger partial charge < -0.3 is 16.0 Å². The molecular formula is C36H57N3. The maximum atomic E-state index is 4.11. The van der Waals surface area contributed by atoms with E-state index in [2.05, 4.69) is 122 Å². The van der Waals surface area contributed by atoms with E-state index in [1.807, 2.05) is 36.4 Å². The van der Waals surface area contributed by atoms with Gasteiger partial charge in [0.25, 0.3) is 0 Å². The highest BCUT2D eigenvalue weighted by atomic mass is 15.0. The Bertz CT molecular complexity index is 955. The van der Waals surface area contributed by atoms with Gasteiger partial charge in [0.05, 0.1) is 6.04 Å². The van der Waals surface area contributed by atoms with E-state index in [4.69, 9.17) is 0 Å². The van der Waals surface area contributed by atoms with Crippen LogP contribution < -0.4 is 16.0 Å². The molecule has 0 aliphatic heterocycles. The molecule has 2 rings (SSSR count). The smallest absolute Gasteiger partial charge is 0.0676 e. The predicted molar refractivity (Wildman–Crippen MR) is 177 cm³/mol. The summed E-state index contributed by atoms with van der Waals surface area (Å²) in [7, 11) is 0. The van der Waals surface area contributed by atoms with E-state index in [0.29, 0.717) is 11.8 Å². The second-order valence-electron chi connectivity index (χ2n) is 10.7. The highest BCUT2D eigenvalue weighted by Gasteiger charge is 2.17. The van der Waals surface area contributed by atoms with E-state index >= 15 is 0 Å². The van der Waals surface area contributed by atoms with Gasteiger partial charge in [-0.2, -0.15) is 0 Å². The number of hydrogen-bond acceptors (Lipinski definition) is 3. The van der Waals surface area contributed by atoms with Crippen LogP contribution in [0.15, 0.2) is 98.2 Å². The van der Waals surface area contributed by atoms with Crippen molar-refractivity contribution in [3.05, 3.63) is 109 Å². The minimum Gasteiger partial charge on any atom is -0.387 e. The third kappa shape index (κ3) is 15.1. The molecule has 0 fully saturated rings. The van der Waals surface area contributed by atoms with Gasteiger partial charge in [-0.1, -0.05) is 153 Å². The summed E-state index contributed by atoms with van der Waals surface area (Å²) in [5.41, 5.74) is 6.31. The fraction of sp³-hybridized carbons (Fsp3) is 0.444. The Hall–Kier alpha value is -3.20. The van der Waals surface area contributed by atoms with Crippen molar-refractivity contribution in [2.24, 2.45) is 11.8 Å². The zero-order valence-electron chi connectivity index (χ0n) is 26.2. The van der Waals surface area contributed by atoms with Gasteiger partial charge in [0, 0.05) is 29.7 Å². The van der Waals surface area contributed by atoms with E-state index in [1.165, 1.54) is 19.3 Å². The fourth-order valence-corrected chi connectivity index (χ4v) is 4.03. The van der Waals surface area contributed by atoms with Gasteiger partial charge in [-0.25, -0.2) is 0 Å². The Morgan fingerprint density at radius 2 is 1.03 bits per heavy atom. The Labute approximate surface area is 241 Å². The standard InChI is InChI=1S/C16H24N2.C15H21N.C5H12/c1-6-17-14(5)16(12(2)3)18-13(4)15-10-8-7-9-11-15;1-11(2)15(12(3)4)16-13(5)14-9-7-6-8-10-14;1-3-5-4-2/h7-12,16-18H,4-6H2,1-3H3;6-10,12,15-16H,1,5H2,2-4H3;3-5H2,1-2H3. The third-order valence-corrected chi connectivity index (χ3v) is 6.25. The van der Waals surface area contributed by atoms with E-state index in [-0.39, 0.29) is 12.1 Å². The average molecular weight is 532 g/mol. The molecule has 0 spiro atoms. The van der Waals surface area contributed by atoms with E-state index in [1.54, 1.807) is 0 Å². The first-order valence-electron chi connectivity index (χ1n) is 14.6. The van der Waals surface area contributed by atoms with Crippen LogP contribution in [-0.2, 0) is 0 Å². The lowest BCUT2D eigenvalue weighted by molar-refractivity contribution is 0.478. The highest BCUT2D eigenvalue weighted by Crippen LogP contribution is 2.17. The minimum absolute atomic E-state index is 0.192. The zero-order valence-corrected chi connectivity index (χ0v) is 26.2. The van der Waals surface area contributed by atoms with Crippen LogP contribution in [0.1, 0.15) is 85.8 Å². The van der Waals surface area contributed by atoms with Crippen LogP contribution in [0.25, 0.3) is 11.4 Å². The molecule has 0 saturated heterocycles. The highest BCUT2D eigenvalue weighted by molar-refractivity contribution is 5.62. The zero-order chi connectivity index (χ0) is 29.8. The van der Waals surface area contributed by atoms with E-state index < -0.39 is 0 Å². The van der Waals surface area contributed by atoms with Crippen molar-refractivity contribution < 1.29 is 0 Å². The van der Waals surface area contributed by atoms with Crippen LogP contribution in [-0.4, -0.2) is 18.6 Å². The quantitative estimate of drug-likeness (QED) is 0.212. The van der Waals surface area contributed by atoms with Gasteiger partial charge in [-0.15, -0.1) is 0 Å². The lowest BCUT2D eigenvalue weighted by Crippen LogP contribution is -2.38. The summed E-state index contributed by atoms with van der Waals surface area (Å²) in [6.45, 7) is 34.5. The van der Waals surface area contributed by atoms with Crippen LogP contribution in [0.4, 0.5) is 0 Å². The lowest BCUT2D eigenvalue weighted by Gasteiger charge is -2.27. The molecule has 3 nitrogen and oxygen atoms in total. The Balaban J connectivity index is 0.000000635. The summed E-state index contributed by atoms with van der Waals surface area (Å²) >= 11 is 0. The first-order chi connectivity index (χ1) is 18.5. The van der Waals surface area contributed by atoms with Crippen molar-refractivity contribution >= 4 is 11.4 Å². The number of likely N-dealkylation sites (N-methyl/N-ethyl adjacent to an activating group) is 1. The maximum Gasteiger partial charge on any atom is 0.0676 e. The summed E-state index contributed by atoms with van der Waals surface area (Å²) in [5, 5.41) is 10.2. The van der Waals surface area contributed by atoms with Crippen molar-refractivity contribution in [1.82, 2.24) is 16.0 Å². The monoisotopic (exact) mass is 531 g/mol. The maximum absolute atomic E-state index is 4.11. The van der Waals surface area contributed by atoms with Crippen molar-refractivity contribution in [2.45, 2.75) is 86.7 Å². The van der Waals surface area contributed by atoms with Crippen molar-refractivity contribution in [2.75, 3.05) is 6.54 Å². The summed E-state index contributed by atoms with van der Waals surface area (Å²) in [6.07, 6.45) is 4.08. The molecule has 0 aromatic heterocycles. The molecule has 2 aromatic carbocycles. The molecule has 0 aliphatic carbocycles. The Morgan fingerprint density at radius 1 is 0.641 bits per heavy atom. The van der Waals surface area contributed by atoms with Crippen molar-refractivity contribution in [3.8, 4) is 0 Å². The van der Waals surface area contributed by atoms with Crippen molar-refractivity contribution in [1.29, 1.82) is 0 Å². The second-order valence-corrected chi connectivity index (χ2v) is 10.7. The molecule has 216 valence electrons. The molecule has 0 radical (unpaired) electrons. The first kappa shape index (κ1) is 35.8. The Morgan fingerprint density at radius 3 is 1.31 bits per heavy atom. The summed E-state index contributed by atoms with van der Waals surface area (Å²) in [5.74, 6) is 0.968. The van der Waals surface area contributed by atoms with Gasteiger partial charge in [0.2, 0.25) is 0 Å². The Kier molecular flexibility index (Phi) is 19.0. The van der Waals surface area contributed by atoms with Crippen LogP contribution in [0.3, 0.4) is 0 Å². The number of unbranched alkanes of at least 4 members (excludes halogenated alkanes) is 2. The molecule has 39 heavy (non-hydrogen) atoms. The fourth-order valence-electron chi connectivity index (χ4n) is 4.03. The molecule has 3 N–H and O–H groups in total. The lowest BCUT2D eigenvalue weighted by atomic mass is 9.97. The van der Waals surface area contributed by atoms with Gasteiger partial charge in [-0.3, -0.25) is 0 Å². The van der Waals surface area contributed by atoms with Crippen molar-refractivity contribution in [3.63, 3.8) is 0 Å². The molecule has 0 amide bonds. The summed E-state index contributed by atoms with van der Waals surface area (Å²) in [6, 6.07) is 20.8. The second kappa shape index (κ2) is 20.7. The molecule has 2 unspecified atom stereocenters. The molecule has 0 saturated carbocycles. The van der Waals surface area contributed by atoms with Gasteiger partial charge >= 0.3 is 0 Å². The van der Waals surface area contributed by atoms with Gasteiger partial charge in [0.1, 0.15) is 0 Å². The minimum atomic E-state index is 0.192. The summed E-state index contributed by atoms with van der Waals surface area (Å²) < 4.78 is 0. The third-order valence-electron chi connectivity index (χ3n) is 6.25. The average Bonchev–Trinajstić information content (AvgIpc) is 2.91. The number of rotatable bonds is 14. The van der Waals surface area contributed by atoms with Gasteiger partial charge in [0.15, 0.2) is 0 Å². The van der Waals surface area contributed by atoms with Crippen LogP contribution in [0.2, 0.25) is 0 Å². The van der Waals surface area contributed by atoms with Crippen LogP contribution in [0.5, 0.6) is 0 Å². The predicted octanol–water partition coefficient (Wildman–Crippen LogP) is 9.44. The molecule has 3 heteroatoms. The largest absolute Gasteiger partial charge is 0.387 e. The van der Waals surface area contributed by atoms with Crippen LogP contribution >= 0.6 is 0 Å². The van der Waals surface area contributed by atoms with E-state index in [9.17, 15) is 0 Å². The topological polar surface area (TPSA) is 36.1 Å². The van der Waals surface area contributed by atoms with Gasteiger partial charge in [-0.05, 0) is 36.8 Å². The van der Waals surface area contributed by atoms with E-state index in [0.717, 1.165) is 40.3 Å². The molecule has 0 heterocycles. The SMILES string of the molecule is C=C(NC(C(=C)C)C(C)C)c1ccccc1.C=C(NC(C(=C)NCC)C(C)C)c1ccccc1.CCCCC. The molecule has 0 bridgehead atoms.